The molecule has 0 atom stereocenters. The molecule has 1 aliphatic heterocycles. The second-order valence-electron chi connectivity index (χ2n) is 6.92. The minimum Gasteiger partial charge on any atom is -0.312 e. The number of fused-ring (bicyclic) bond motifs is 1. The second kappa shape index (κ2) is 4.87. The molecule has 7 heteroatoms. The summed E-state index contributed by atoms with van der Waals surface area (Å²) in [6, 6.07) is 1.17. The highest BCUT2D eigenvalue weighted by molar-refractivity contribution is 5.55. The van der Waals surface area contributed by atoms with Gasteiger partial charge in [0.25, 0.3) is 0 Å². The highest BCUT2D eigenvalue weighted by Gasteiger charge is 2.42. The maximum absolute atomic E-state index is 13.3. The summed E-state index contributed by atoms with van der Waals surface area (Å²) < 4.78 is 40.9. The van der Waals surface area contributed by atoms with E-state index < -0.39 is 17.4 Å². The lowest BCUT2D eigenvalue weighted by molar-refractivity contribution is -0.136. The van der Waals surface area contributed by atoms with E-state index in [4.69, 9.17) is 0 Å². The van der Waals surface area contributed by atoms with Crippen LogP contribution >= 0.6 is 0 Å². The van der Waals surface area contributed by atoms with Crippen LogP contribution in [-0.2, 0) is 12.7 Å². The van der Waals surface area contributed by atoms with Crippen molar-refractivity contribution in [2.24, 2.45) is 5.41 Å². The van der Waals surface area contributed by atoms with Crippen LogP contribution in [0.4, 0.5) is 13.2 Å². The Morgan fingerprint density at radius 3 is 2.65 bits per heavy atom. The van der Waals surface area contributed by atoms with Crippen LogP contribution in [0.1, 0.15) is 36.8 Å². The topological polar surface area (TPSA) is 40.5 Å². The number of hydrogen-bond donors (Lipinski definition) is 1. The molecule has 0 radical (unpaired) electrons. The number of rotatable bonds is 2. The van der Waals surface area contributed by atoms with Crippen LogP contribution in [0.15, 0.2) is 23.3 Å². The van der Waals surface area contributed by atoms with Gasteiger partial charge in [0, 0.05) is 25.5 Å². The van der Waals surface area contributed by atoms with E-state index in [0.717, 1.165) is 30.1 Å². The summed E-state index contributed by atoms with van der Waals surface area (Å²) >= 11 is 0. The zero-order chi connectivity index (χ0) is 16.2. The Labute approximate surface area is 130 Å². The van der Waals surface area contributed by atoms with Gasteiger partial charge in [0.15, 0.2) is 0 Å². The number of alkyl halides is 3. The number of H-pyrrole nitrogens is 1. The lowest BCUT2D eigenvalue weighted by Gasteiger charge is -2.38. The molecular formula is C16H18F3N3O. The van der Waals surface area contributed by atoms with Gasteiger partial charge in [-0.05, 0) is 42.9 Å². The number of aromatic nitrogens is 2. The third-order valence-corrected chi connectivity index (χ3v) is 5.35. The van der Waals surface area contributed by atoms with Crippen LogP contribution in [0.25, 0.3) is 5.52 Å². The molecule has 4 nitrogen and oxygen atoms in total. The summed E-state index contributed by atoms with van der Waals surface area (Å²) in [7, 11) is 0. The van der Waals surface area contributed by atoms with E-state index in [1.54, 1.807) is 0 Å². The van der Waals surface area contributed by atoms with Crippen molar-refractivity contribution >= 4 is 5.52 Å². The number of imidazole rings is 1. The van der Waals surface area contributed by atoms with Crippen LogP contribution in [-0.4, -0.2) is 27.4 Å². The Morgan fingerprint density at radius 2 is 2.04 bits per heavy atom. The number of hydrogen-bond acceptors (Lipinski definition) is 2. The van der Waals surface area contributed by atoms with Crippen molar-refractivity contribution < 1.29 is 13.2 Å². The first-order chi connectivity index (χ1) is 10.9. The number of likely N-dealkylation sites (tertiary alicyclic amines) is 1. The number of aromatic amines is 1. The van der Waals surface area contributed by atoms with Gasteiger partial charge in [-0.15, -0.1) is 0 Å². The SMILES string of the molecule is O=c1[nH]cc2c(C(F)(F)F)cc(CN3CCC4(CCC4)C3)cn12. The molecule has 1 spiro atoms. The van der Waals surface area contributed by atoms with Crippen LogP contribution in [0, 0.1) is 5.41 Å². The van der Waals surface area contributed by atoms with E-state index in [9.17, 15) is 18.0 Å². The zero-order valence-corrected chi connectivity index (χ0v) is 12.6. The van der Waals surface area contributed by atoms with E-state index in [0.29, 0.717) is 17.5 Å². The van der Waals surface area contributed by atoms with E-state index in [1.165, 1.54) is 31.5 Å². The molecule has 2 fully saturated rings. The van der Waals surface area contributed by atoms with E-state index in [-0.39, 0.29) is 5.52 Å². The summed E-state index contributed by atoms with van der Waals surface area (Å²) in [6.45, 7) is 2.33. The molecule has 0 aromatic carbocycles. The van der Waals surface area contributed by atoms with Gasteiger partial charge in [0.1, 0.15) is 0 Å². The van der Waals surface area contributed by atoms with Crippen molar-refractivity contribution in [3.8, 4) is 0 Å². The van der Waals surface area contributed by atoms with E-state index >= 15 is 0 Å². The molecule has 124 valence electrons. The molecule has 1 saturated carbocycles. The fraction of sp³-hybridized carbons (Fsp3) is 0.562. The Morgan fingerprint density at radius 1 is 1.26 bits per heavy atom. The van der Waals surface area contributed by atoms with Gasteiger partial charge in [0.2, 0.25) is 0 Å². The first kappa shape index (κ1) is 14.8. The molecule has 1 N–H and O–H groups in total. The third kappa shape index (κ3) is 2.47. The summed E-state index contributed by atoms with van der Waals surface area (Å²) in [5.74, 6) is 0. The van der Waals surface area contributed by atoms with Crippen LogP contribution in [0.2, 0.25) is 0 Å². The quantitative estimate of drug-likeness (QED) is 0.922. The van der Waals surface area contributed by atoms with Gasteiger partial charge in [-0.1, -0.05) is 6.42 Å². The zero-order valence-electron chi connectivity index (χ0n) is 12.6. The second-order valence-corrected chi connectivity index (χ2v) is 6.92. The highest BCUT2D eigenvalue weighted by atomic mass is 19.4. The van der Waals surface area contributed by atoms with Crippen molar-refractivity contribution in [3.63, 3.8) is 0 Å². The molecule has 2 aromatic heterocycles. The average molecular weight is 325 g/mol. The number of nitrogens with one attached hydrogen (secondary N) is 1. The van der Waals surface area contributed by atoms with Crippen molar-refractivity contribution in [1.82, 2.24) is 14.3 Å². The van der Waals surface area contributed by atoms with Gasteiger partial charge >= 0.3 is 11.9 Å². The fourth-order valence-electron chi connectivity index (χ4n) is 4.00. The average Bonchev–Trinajstić information content (AvgIpc) is 3.02. The van der Waals surface area contributed by atoms with Gasteiger partial charge < -0.3 is 4.98 Å². The molecular weight excluding hydrogens is 307 g/mol. The molecule has 4 rings (SSSR count). The standard InChI is InChI=1S/C16H18F3N3O/c17-16(18,19)12-6-11(9-22-13(12)7-20-14(22)23)8-21-5-4-15(10-21)2-1-3-15/h6-7,9H,1-5,8,10H2,(H,20,23). The summed E-state index contributed by atoms with van der Waals surface area (Å²) in [4.78, 5) is 16.3. The molecule has 0 amide bonds. The fourth-order valence-corrected chi connectivity index (χ4v) is 4.00. The van der Waals surface area contributed by atoms with Crippen molar-refractivity contribution in [2.45, 2.75) is 38.4 Å². The van der Waals surface area contributed by atoms with Gasteiger partial charge in [-0.2, -0.15) is 13.2 Å². The molecule has 2 aromatic rings. The summed E-state index contributed by atoms with van der Waals surface area (Å²) in [6.07, 6.45) is 3.02. The molecule has 1 aliphatic carbocycles. The third-order valence-electron chi connectivity index (χ3n) is 5.35. The smallest absolute Gasteiger partial charge is 0.312 e. The van der Waals surface area contributed by atoms with Gasteiger partial charge in [0.05, 0.1) is 11.1 Å². The lowest BCUT2D eigenvalue weighted by Crippen LogP contribution is -2.33. The molecule has 2 aliphatic rings. The van der Waals surface area contributed by atoms with Crippen molar-refractivity contribution in [3.05, 3.63) is 40.1 Å². The number of pyridine rings is 1. The minimum absolute atomic E-state index is 0.122. The molecule has 3 heterocycles. The van der Waals surface area contributed by atoms with Gasteiger partial charge in [-0.25, -0.2) is 4.79 Å². The normalized spacial score (nSPS) is 21.2. The molecule has 1 saturated heterocycles. The monoisotopic (exact) mass is 325 g/mol. The van der Waals surface area contributed by atoms with Crippen LogP contribution in [0.3, 0.4) is 0 Å². The Bertz CT molecular complexity index is 801. The minimum atomic E-state index is -4.48. The van der Waals surface area contributed by atoms with E-state index in [2.05, 4.69) is 9.88 Å². The molecule has 0 unspecified atom stereocenters. The highest BCUT2D eigenvalue weighted by Crippen LogP contribution is 2.48. The van der Waals surface area contributed by atoms with Crippen molar-refractivity contribution in [2.75, 3.05) is 13.1 Å². The Balaban J connectivity index is 1.67. The Kier molecular flexibility index (Phi) is 3.13. The lowest BCUT2D eigenvalue weighted by atomic mass is 9.68. The first-order valence-corrected chi connectivity index (χ1v) is 7.89. The molecule has 23 heavy (non-hydrogen) atoms. The van der Waals surface area contributed by atoms with Crippen molar-refractivity contribution in [1.29, 1.82) is 0 Å². The number of halogens is 3. The first-order valence-electron chi connectivity index (χ1n) is 7.89. The summed E-state index contributed by atoms with van der Waals surface area (Å²) in [5.41, 5.74) is -0.483. The van der Waals surface area contributed by atoms with Crippen LogP contribution in [0.5, 0.6) is 0 Å². The van der Waals surface area contributed by atoms with E-state index in [1.807, 2.05) is 0 Å². The maximum Gasteiger partial charge on any atom is 0.418 e. The van der Waals surface area contributed by atoms with Gasteiger partial charge in [-0.3, -0.25) is 9.30 Å². The number of nitrogens with zero attached hydrogens (tertiary/aromatic N) is 2. The summed E-state index contributed by atoms with van der Waals surface area (Å²) in [5, 5.41) is 0. The largest absolute Gasteiger partial charge is 0.418 e. The van der Waals surface area contributed by atoms with Crippen LogP contribution < -0.4 is 5.69 Å². The maximum atomic E-state index is 13.3. The molecule has 0 bridgehead atoms. The predicted octanol–water partition coefficient (Wildman–Crippen LogP) is 3.02. The Hall–Kier alpha value is -1.76. The predicted molar refractivity (Wildman–Crippen MR) is 79.2 cm³/mol.